The molecule has 0 aliphatic rings. The van der Waals surface area contributed by atoms with Crippen molar-refractivity contribution in [3.05, 3.63) is 70.2 Å². The zero-order chi connectivity index (χ0) is 18.7. The van der Waals surface area contributed by atoms with Crippen LogP contribution in [0, 0.1) is 12.7 Å². The Hall–Kier alpha value is -2.99. The molecule has 0 aliphatic heterocycles. The van der Waals surface area contributed by atoms with Crippen molar-refractivity contribution in [2.75, 3.05) is 10.6 Å². The first kappa shape index (κ1) is 17.8. The van der Waals surface area contributed by atoms with E-state index in [4.69, 9.17) is 0 Å². The maximum absolute atomic E-state index is 14.1. The third kappa shape index (κ3) is 3.97. The first-order valence-corrected chi connectivity index (χ1v) is 8.85. The van der Waals surface area contributed by atoms with Crippen LogP contribution in [-0.4, -0.2) is 11.8 Å². The maximum Gasteiger partial charge on any atom is 0.266 e. The van der Waals surface area contributed by atoms with Gasteiger partial charge in [-0.2, -0.15) is 0 Å². The van der Waals surface area contributed by atoms with Gasteiger partial charge in [0.25, 0.3) is 5.91 Å². The first-order valence-electron chi connectivity index (χ1n) is 7.97. The van der Waals surface area contributed by atoms with E-state index in [-0.39, 0.29) is 11.6 Å². The van der Waals surface area contributed by atoms with Crippen molar-refractivity contribution in [1.82, 2.24) is 0 Å². The lowest BCUT2D eigenvalue weighted by Gasteiger charge is -2.10. The van der Waals surface area contributed by atoms with E-state index in [2.05, 4.69) is 10.6 Å². The lowest BCUT2D eigenvalue weighted by Crippen LogP contribution is -2.13. The van der Waals surface area contributed by atoms with Gasteiger partial charge in [-0.3, -0.25) is 9.59 Å². The SMILES string of the molecule is CC(=O)Nc1ccc(F)c(NC(=O)c2sccc2-c2ccc(C)cc2)c1. The predicted octanol–water partition coefficient (Wildman–Crippen LogP) is 5.07. The molecule has 4 nitrogen and oxygen atoms in total. The number of anilines is 2. The monoisotopic (exact) mass is 368 g/mol. The van der Waals surface area contributed by atoms with Gasteiger partial charge >= 0.3 is 0 Å². The minimum Gasteiger partial charge on any atom is -0.326 e. The molecule has 0 atom stereocenters. The highest BCUT2D eigenvalue weighted by Gasteiger charge is 2.16. The highest BCUT2D eigenvalue weighted by molar-refractivity contribution is 7.12. The summed E-state index contributed by atoms with van der Waals surface area (Å²) < 4.78 is 14.1. The van der Waals surface area contributed by atoms with E-state index in [1.807, 2.05) is 42.6 Å². The standard InChI is InChI=1S/C20H17FN2O2S/c1-12-3-5-14(6-4-12)16-9-10-26-19(16)20(25)23-18-11-15(22-13(2)24)7-8-17(18)21/h3-11H,1-2H3,(H,22,24)(H,23,25). The Morgan fingerprint density at radius 3 is 2.42 bits per heavy atom. The molecule has 0 unspecified atom stereocenters. The average Bonchev–Trinajstić information content (AvgIpc) is 3.08. The predicted molar refractivity (Wildman–Crippen MR) is 103 cm³/mol. The Kier molecular flexibility index (Phi) is 5.14. The third-order valence-electron chi connectivity index (χ3n) is 3.77. The molecule has 132 valence electrons. The van der Waals surface area contributed by atoms with Crippen LogP contribution in [0.2, 0.25) is 0 Å². The number of rotatable bonds is 4. The topological polar surface area (TPSA) is 58.2 Å². The molecule has 0 saturated carbocycles. The molecule has 0 bridgehead atoms. The Bertz CT molecular complexity index is 964. The van der Waals surface area contributed by atoms with E-state index in [0.29, 0.717) is 10.6 Å². The Labute approximate surface area is 154 Å². The van der Waals surface area contributed by atoms with Gasteiger partial charge in [0.2, 0.25) is 5.91 Å². The molecule has 3 rings (SSSR count). The molecule has 0 radical (unpaired) electrons. The summed E-state index contributed by atoms with van der Waals surface area (Å²) in [6, 6.07) is 13.8. The van der Waals surface area contributed by atoms with Gasteiger partial charge in [0, 0.05) is 18.2 Å². The molecule has 3 aromatic rings. The van der Waals surface area contributed by atoms with Crippen molar-refractivity contribution in [2.24, 2.45) is 0 Å². The second kappa shape index (κ2) is 7.49. The van der Waals surface area contributed by atoms with E-state index in [9.17, 15) is 14.0 Å². The fraction of sp³-hybridized carbons (Fsp3) is 0.100. The van der Waals surface area contributed by atoms with Gasteiger partial charge in [-0.1, -0.05) is 29.8 Å². The van der Waals surface area contributed by atoms with Crippen LogP contribution < -0.4 is 10.6 Å². The van der Waals surface area contributed by atoms with Gasteiger partial charge in [-0.05, 0) is 42.1 Å². The van der Waals surface area contributed by atoms with E-state index < -0.39 is 11.7 Å². The van der Waals surface area contributed by atoms with Crippen molar-refractivity contribution in [3.8, 4) is 11.1 Å². The lowest BCUT2D eigenvalue weighted by molar-refractivity contribution is -0.114. The fourth-order valence-electron chi connectivity index (χ4n) is 2.53. The van der Waals surface area contributed by atoms with Crippen LogP contribution in [-0.2, 0) is 4.79 Å². The summed E-state index contributed by atoms with van der Waals surface area (Å²) >= 11 is 1.29. The van der Waals surface area contributed by atoms with Crippen molar-refractivity contribution < 1.29 is 14.0 Å². The van der Waals surface area contributed by atoms with Crippen molar-refractivity contribution in [2.45, 2.75) is 13.8 Å². The number of hydrogen-bond acceptors (Lipinski definition) is 3. The molecule has 2 aromatic carbocycles. The van der Waals surface area contributed by atoms with E-state index in [1.54, 1.807) is 0 Å². The summed E-state index contributed by atoms with van der Waals surface area (Å²) in [4.78, 5) is 24.3. The maximum atomic E-state index is 14.1. The van der Waals surface area contributed by atoms with Crippen molar-refractivity contribution >= 4 is 34.5 Å². The minimum absolute atomic E-state index is 0.0181. The first-order chi connectivity index (χ1) is 12.4. The lowest BCUT2D eigenvalue weighted by atomic mass is 10.0. The molecule has 26 heavy (non-hydrogen) atoms. The van der Waals surface area contributed by atoms with Gasteiger partial charge in [0.15, 0.2) is 0 Å². The molecule has 1 heterocycles. The van der Waals surface area contributed by atoms with Gasteiger partial charge in [-0.15, -0.1) is 11.3 Å². The molecular formula is C20H17FN2O2S. The van der Waals surface area contributed by atoms with E-state index in [1.165, 1.54) is 36.5 Å². The number of carbonyl (C=O) groups excluding carboxylic acids is 2. The Morgan fingerprint density at radius 1 is 1.00 bits per heavy atom. The normalized spacial score (nSPS) is 10.4. The number of nitrogens with one attached hydrogen (secondary N) is 2. The van der Waals surface area contributed by atoms with Crippen LogP contribution in [0.5, 0.6) is 0 Å². The molecule has 0 aliphatic carbocycles. The number of thiophene rings is 1. The molecule has 0 saturated heterocycles. The zero-order valence-corrected chi connectivity index (χ0v) is 15.1. The number of hydrogen-bond donors (Lipinski definition) is 2. The molecule has 0 fully saturated rings. The van der Waals surface area contributed by atoms with Crippen molar-refractivity contribution in [3.63, 3.8) is 0 Å². The summed E-state index contributed by atoms with van der Waals surface area (Å²) in [5, 5.41) is 6.99. The van der Waals surface area contributed by atoms with Crippen LogP contribution in [0.3, 0.4) is 0 Å². The van der Waals surface area contributed by atoms with Gasteiger partial charge < -0.3 is 10.6 Å². The molecule has 6 heteroatoms. The second-order valence-corrected chi connectivity index (χ2v) is 6.78. The van der Waals surface area contributed by atoms with Crippen LogP contribution in [0.15, 0.2) is 53.9 Å². The Morgan fingerprint density at radius 2 is 1.73 bits per heavy atom. The summed E-state index contributed by atoms with van der Waals surface area (Å²) in [5.74, 6) is -1.23. The van der Waals surface area contributed by atoms with Crippen LogP contribution in [0.4, 0.5) is 15.8 Å². The van der Waals surface area contributed by atoms with Crippen LogP contribution in [0.25, 0.3) is 11.1 Å². The Balaban J connectivity index is 1.87. The zero-order valence-electron chi connectivity index (χ0n) is 14.3. The molecule has 2 N–H and O–H groups in total. The number of halogens is 1. The molecular weight excluding hydrogens is 351 g/mol. The van der Waals surface area contributed by atoms with Crippen molar-refractivity contribution in [1.29, 1.82) is 0 Å². The smallest absolute Gasteiger partial charge is 0.266 e. The molecule has 0 spiro atoms. The largest absolute Gasteiger partial charge is 0.326 e. The highest BCUT2D eigenvalue weighted by atomic mass is 32.1. The summed E-state index contributed by atoms with van der Waals surface area (Å²) in [6.07, 6.45) is 0. The number of carbonyl (C=O) groups is 2. The number of benzene rings is 2. The minimum atomic E-state index is -0.569. The molecule has 1 aromatic heterocycles. The number of amides is 2. The van der Waals surface area contributed by atoms with Gasteiger partial charge in [0.1, 0.15) is 5.82 Å². The van der Waals surface area contributed by atoms with E-state index >= 15 is 0 Å². The van der Waals surface area contributed by atoms with Crippen LogP contribution >= 0.6 is 11.3 Å². The number of aryl methyl sites for hydroxylation is 1. The summed E-state index contributed by atoms with van der Waals surface area (Å²) in [5.41, 5.74) is 3.29. The quantitative estimate of drug-likeness (QED) is 0.675. The third-order valence-corrected chi connectivity index (χ3v) is 4.68. The average molecular weight is 368 g/mol. The fourth-order valence-corrected chi connectivity index (χ4v) is 3.34. The van der Waals surface area contributed by atoms with Gasteiger partial charge in [0.05, 0.1) is 10.6 Å². The summed E-state index contributed by atoms with van der Waals surface area (Å²) in [6.45, 7) is 3.36. The van der Waals surface area contributed by atoms with Crippen LogP contribution in [0.1, 0.15) is 22.2 Å². The van der Waals surface area contributed by atoms with E-state index in [0.717, 1.165) is 16.7 Å². The second-order valence-electron chi connectivity index (χ2n) is 5.86. The highest BCUT2D eigenvalue weighted by Crippen LogP contribution is 2.30. The molecule has 2 amide bonds. The summed E-state index contributed by atoms with van der Waals surface area (Å²) in [7, 11) is 0. The van der Waals surface area contributed by atoms with Gasteiger partial charge in [-0.25, -0.2) is 4.39 Å².